The molecule has 5 nitrogen and oxygen atoms in total. The van der Waals surface area contributed by atoms with Gasteiger partial charge in [0.1, 0.15) is 0 Å². The Kier molecular flexibility index (Phi) is 7.64. The van der Waals surface area contributed by atoms with Crippen LogP contribution in [-0.4, -0.2) is 62.7 Å². The van der Waals surface area contributed by atoms with Gasteiger partial charge in [0, 0.05) is 29.7 Å². The molecule has 1 saturated carbocycles. The van der Waals surface area contributed by atoms with E-state index in [9.17, 15) is 4.79 Å². The summed E-state index contributed by atoms with van der Waals surface area (Å²) in [6.45, 7) is 4.91. The van der Waals surface area contributed by atoms with Crippen molar-refractivity contribution >= 4 is 28.5 Å². The van der Waals surface area contributed by atoms with Crippen LogP contribution in [0.4, 0.5) is 0 Å². The summed E-state index contributed by atoms with van der Waals surface area (Å²) in [4.78, 5) is 17.7. The lowest BCUT2D eigenvalue weighted by Crippen LogP contribution is -2.37. The van der Waals surface area contributed by atoms with Crippen molar-refractivity contribution in [1.82, 2.24) is 9.80 Å². The predicted molar refractivity (Wildman–Crippen MR) is 116 cm³/mol. The molecular weight excluding hydrogens is 455 g/mol. The standard InChI is InChI=1S/C21H31IN2O3/c1-26-19-13-17(18(22)14-20(19)27-2)21(25)24-10-6-9-23(11-12-24)15-16-7-4-3-5-8-16/h13-14,16H,3-12,15H2,1-2H3. The molecule has 0 bridgehead atoms. The Labute approximate surface area is 176 Å². The van der Waals surface area contributed by atoms with E-state index < -0.39 is 0 Å². The maximum absolute atomic E-state index is 13.1. The van der Waals surface area contributed by atoms with Gasteiger partial charge < -0.3 is 19.3 Å². The zero-order valence-corrected chi connectivity index (χ0v) is 18.7. The molecule has 1 aromatic rings. The Balaban J connectivity index is 1.64. The van der Waals surface area contributed by atoms with Crippen LogP contribution in [0.25, 0.3) is 0 Å². The molecule has 2 aliphatic rings. The van der Waals surface area contributed by atoms with E-state index in [2.05, 4.69) is 27.5 Å². The lowest BCUT2D eigenvalue weighted by molar-refractivity contribution is 0.0758. The molecule has 0 aromatic heterocycles. The highest BCUT2D eigenvalue weighted by Crippen LogP contribution is 2.32. The number of halogens is 1. The largest absolute Gasteiger partial charge is 0.493 e. The third kappa shape index (κ3) is 5.28. The molecule has 0 radical (unpaired) electrons. The molecule has 150 valence electrons. The fourth-order valence-electron chi connectivity index (χ4n) is 4.28. The van der Waals surface area contributed by atoms with Gasteiger partial charge in [-0.2, -0.15) is 0 Å². The number of rotatable bonds is 5. The van der Waals surface area contributed by atoms with Crippen molar-refractivity contribution in [3.63, 3.8) is 0 Å². The number of carbonyl (C=O) groups excluding carboxylic acids is 1. The van der Waals surface area contributed by atoms with Gasteiger partial charge >= 0.3 is 0 Å². The van der Waals surface area contributed by atoms with Gasteiger partial charge in [0.2, 0.25) is 0 Å². The number of hydrogen-bond donors (Lipinski definition) is 0. The molecule has 6 heteroatoms. The first-order chi connectivity index (χ1) is 13.1. The van der Waals surface area contributed by atoms with Gasteiger partial charge in [-0.1, -0.05) is 19.3 Å². The van der Waals surface area contributed by atoms with Gasteiger partial charge in [0.05, 0.1) is 19.8 Å². The zero-order chi connectivity index (χ0) is 19.2. The Morgan fingerprint density at radius 2 is 1.70 bits per heavy atom. The summed E-state index contributed by atoms with van der Waals surface area (Å²) in [6, 6.07) is 3.69. The first-order valence-electron chi connectivity index (χ1n) is 10.1. The normalized spacial score (nSPS) is 19.6. The Morgan fingerprint density at radius 3 is 2.41 bits per heavy atom. The van der Waals surface area contributed by atoms with E-state index in [-0.39, 0.29) is 5.91 Å². The second kappa shape index (κ2) is 9.96. The molecular formula is C21H31IN2O3. The quantitative estimate of drug-likeness (QED) is 0.590. The van der Waals surface area contributed by atoms with E-state index in [0.29, 0.717) is 17.1 Å². The summed E-state index contributed by atoms with van der Waals surface area (Å²) in [5, 5.41) is 0. The average Bonchev–Trinajstić information content (AvgIpc) is 2.93. The molecule has 27 heavy (non-hydrogen) atoms. The summed E-state index contributed by atoms with van der Waals surface area (Å²) in [7, 11) is 3.22. The van der Waals surface area contributed by atoms with Crippen LogP contribution in [0.2, 0.25) is 0 Å². The van der Waals surface area contributed by atoms with Gasteiger partial charge in [-0.25, -0.2) is 0 Å². The predicted octanol–water partition coefficient (Wildman–Crippen LogP) is 4.04. The van der Waals surface area contributed by atoms with Gasteiger partial charge in [0.25, 0.3) is 5.91 Å². The maximum atomic E-state index is 13.1. The van der Waals surface area contributed by atoms with E-state index in [1.807, 2.05) is 17.0 Å². The van der Waals surface area contributed by atoms with Crippen LogP contribution in [0.1, 0.15) is 48.9 Å². The van der Waals surface area contributed by atoms with Gasteiger partial charge in [-0.05, 0) is 66.4 Å². The number of amides is 1. The highest BCUT2D eigenvalue weighted by atomic mass is 127. The number of hydrogen-bond acceptors (Lipinski definition) is 4. The Morgan fingerprint density at radius 1 is 1.00 bits per heavy atom. The van der Waals surface area contributed by atoms with Crippen LogP contribution in [0, 0.1) is 9.49 Å². The monoisotopic (exact) mass is 486 g/mol. The average molecular weight is 486 g/mol. The van der Waals surface area contributed by atoms with Crippen LogP contribution < -0.4 is 9.47 Å². The van der Waals surface area contributed by atoms with E-state index in [0.717, 1.165) is 42.1 Å². The van der Waals surface area contributed by atoms with E-state index in [4.69, 9.17) is 9.47 Å². The third-order valence-electron chi connectivity index (χ3n) is 5.82. The molecule has 2 fully saturated rings. The molecule has 1 amide bonds. The first kappa shape index (κ1) is 20.7. The van der Waals surface area contributed by atoms with Crippen molar-refractivity contribution in [2.24, 2.45) is 5.92 Å². The minimum absolute atomic E-state index is 0.0971. The number of benzene rings is 1. The molecule has 1 saturated heterocycles. The van der Waals surface area contributed by atoms with E-state index in [1.165, 1.54) is 38.6 Å². The molecule has 0 N–H and O–H groups in total. The summed E-state index contributed by atoms with van der Waals surface area (Å²) in [6.07, 6.45) is 7.98. The highest BCUT2D eigenvalue weighted by Gasteiger charge is 2.25. The molecule has 0 unspecified atom stereocenters. The van der Waals surface area contributed by atoms with Crippen molar-refractivity contribution in [3.8, 4) is 11.5 Å². The van der Waals surface area contributed by atoms with Crippen molar-refractivity contribution in [2.75, 3.05) is 46.9 Å². The summed E-state index contributed by atoms with van der Waals surface area (Å²) < 4.78 is 11.6. The Bertz CT molecular complexity index is 647. The van der Waals surface area contributed by atoms with E-state index in [1.54, 1.807) is 14.2 Å². The first-order valence-corrected chi connectivity index (χ1v) is 11.1. The van der Waals surface area contributed by atoms with Crippen LogP contribution >= 0.6 is 22.6 Å². The van der Waals surface area contributed by atoms with Crippen LogP contribution in [0.5, 0.6) is 11.5 Å². The number of ether oxygens (including phenoxy) is 2. The van der Waals surface area contributed by atoms with Crippen molar-refractivity contribution < 1.29 is 14.3 Å². The smallest absolute Gasteiger partial charge is 0.255 e. The fourth-order valence-corrected chi connectivity index (χ4v) is 4.95. The number of nitrogens with zero attached hydrogens (tertiary/aromatic N) is 2. The Hall–Kier alpha value is -1.02. The maximum Gasteiger partial charge on any atom is 0.255 e. The van der Waals surface area contributed by atoms with Gasteiger partial charge in [0.15, 0.2) is 11.5 Å². The fraction of sp³-hybridized carbons (Fsp3) is 0.667. The lowest BCUT2D eigenvalue weighted by Gasteiger charge is -2.29. The summed E-state index contributed by atoms with van der Waals surface area (Å²) in [5.74, 6) is 2.22. The lowest BCUT2D eigenvalue weighted by atomic mass is 9.89. The summed E-state index contributed by atoms with van der Waals surface area (Å²) in [5.41, 5.74) is 0.703. The SMILES string of the molecule is COc1cc(I)c(C(=O)N2CCCN(CC3CCCCC3)CC2)cc1OC. The topological polar surface area (TPSA) is 42.0 Å². The minimum Gasteiger partial charge on any atom is -0.493 e. The molecule has 1 aromatic carbocycles. The van der Waals surface area contributed by atoms with Gasteiger partial charge in [-0.3, -0.25) is 4.79 Å². The molecule has 0 spiro atoms. The van der Waals surface area contributed by atoms with Crippen molar-refractivity contribution in [1.29, 1.82) is 0 Å². The van der Waals surface area contributed by atoms with Crippen LogP contribution in [0.3, 0.4) is 0 Å². The second-order valence-electron chi connectivity index (χ2n) is 7.64. The van der Waals surface area contributed by atoms with Crippen molar-refractivity contribution in [2.45, 2.75) is 38.5 Å². The summed E-state index contributed by atoms with van der Waals surface area (Å²) >= 11 is 2.21. The number of carbonyl (C=O) groups is 1. The number of methoxy groups -OCH3 is 2. The molecule has 1 aliphatic carbocycles. The highest BCUT2D eigenvalue weighted by molar-refractivity contribution is 14.1. The van der Waals surface area contributed by atoms with Crippen LogP contribution in [-0.2, 0) is 0 Å². The van der Waals surface area contributed by atoms with Gasteiger partial charge in [-0.15, -0.1) is 0 Å². The molecule has 0 atom stereocenters. The molecule has 1 heterocycles. The third-order valence-corrected chi connectivity index (χ3v) is 6.71. The molecule has 3 rings (SSSR count). The minimum atomic E-state index is 0.0971. The zero-order valence-electron chi connectivity index (χ0n) is 16.5. The van der Waals surface area contributed by atoms with E-state index >= 15 is 0 Å². The molecule has 1 aliphatic heterocycles. The second-order valence-corrected chi connectivity index (χ2v) is 8.80. The van der Waals surface area contributed by atoms with Crippen LogP contribution in [0.15, 0.2) is 12.1 Å². The van der Waals surface area contributed by atoms with Crippen molar-refractivity contribution in [3.05, 3.63) is 21.3 Å².